The molecule has 0 bridgehead atoms. The number of nitrogen functional groups attached to an aromatic ring is 1. The molecule has 0 aromatic carbocycles. The number of carbonyl (C=O) groups excluding carboxylic acids is 1. The summed E-state index contributed by atoms with van der Waals surface area (Å²) in [5.41, 5.74) is 6.17. The highest BCUT2D eigenvalue weighted by Crippen LogP contribution is 2.24. The largest absolute Gasteiger partial charge is 0.464 e. The van der Waals surface area contributed by atoms with Crippen molar-refractivity contribution in [1.82, 2.24) is 9.78 Å². The van der Waals surface area contributed by atoms with Crippen LogP contribution in [0.15, 0.2) is 22.1 Å². The number of carbonyl (C=O) groups is 1. The molecule has 2 aromatic heterocycles. The van der Waals surface area contributed by atoms with Crippen LogP contribution in [-0.4, -0.2) is 22.9 Å². The second-order valence-electron chi connectivity index (χ2n) is 3.31. The van der Waals surface area contributed by atoms with Gasteiger partial charge in [-0.15, -0.1) is 11.3 Å². The summed E-state index contributed by atoms with van der Waals surface area (Å²) in [6.45, 7) is 0.569. The first-order chi connectivity index (χ1) is 8.11. The molecule has 0 amide bonds. The lowest BCUT2D eigenvalue weighted by Crippen LogP contribution is -2.06. The number of anilines is 1. The number of aromatic nitrogens is 2. The van der Waals surface area contributed by atoms with Crippen LogP contribution < -0.4 is 5.73 Å². The summed E-state index contributed by atoms with van der Waals surface area (Å²) in [6, 6.07) is 1.97. The van der Waals surface area contributed by atoms with Gasteiger partial charge in [0.1, 0.15) is 0 Å². The van der Waals surface area contributed by atoms with Crippen LogP contribution in [-0.2, 0) is 11.3 Å². The van der Waals surface area contributed by atoms with Gasteiger partial charge in [0.15, 0.2) is 5.69 Å². The van der Waals surface area contributed by atoms with Crippen molar-refractivity contribution in [2.24, 2.45) is 0 Å². The van der Waals surface area contributed by atoms with Gasteiger partial charge in [-0.3, -0.25) is 4.68 Å². The van der Waals surface area contributed by atoms with Gasteiger partial charge in [-0.25, -0.2) is 4.79 Å². The van der Waals surface area contributed by atoms with E-state index in [-0.39, 0.29) is 5.69 Å². The monoisotopic (exact) mass is 315 g/mol. The molecule has 0 atom stereocenters. The maximum absolute atomic E-state index is 11.3. The lowest BCUT2D eigenvalue weighted by Gasteiger charge is -1.99. The summed E-state index contributed by atoms with van der Waals surface area (Å²) in [7, 11) is 1.30. The summed E-state index contributed by atoms with van der Waals surface area (Å²) in [5, 5.41) is 6.08. The minimum Gasteiger partial charge on any atom is -0.464 e. The third-order valence-electron chi connectivity index (χ3n) is 2.17. The van der Waals surface area contributed by atoms with E-state index in [1.807, 2.05) is 11.4 Å². The topological polar surface area (TPSA) is 70.1 Å². The molecular formula is C10H10BrN3O2S. The maximum Gasteiger partial charge on any atom is 0.360 e. The van der Waals surface area contributed by atoms with Crippen LogP contribution in [0.3, 0.4) is 0 Å². The molecule has 0 fully saturated rings. The highest BCUT2D eigenvalue weighted by Gasteiger charge is 2.15. The molecule has 0 saturated heterocycles. The second kappa shape index (κ2) is 4.89. The SMILES string of the molecule is COC(=O)c1nn(Cc2sccc2Br)cc1N. The van der Waals surface area contributed by atoms with E-state index >= 15 is 0 Å². The molecule has 0 aliphatic heterocycles. The normalized spacial score (nSPS) is 10.5. The van der Waals surface area contributed by atoms with Gasteiger partial charge in [0.25, 0.3) is 0 Å². The van der Waals surface area contributed by atoms with Gasteiger partial charge >= 0.3 is 5.97 Å². The first kappa shape index (κ1) is 12.1. The van der Waals surface area contributed by atoms with Crippen molar-refractivity contribution in [2.45, 2.75) is 6.54 Å². The molecule has 0 aliphatic rings. The van der Waals surface area contributed by atoms with Crippen molar-refractivity contribution in [2.75, 3.05) is 12.8 Å². The van der Waals surface area contributed by atoms with Gasteiger partial charge in [0.2, 0.25) is 0 Å². The predicted molar refractivity (Wildman–Crippen MR) is 69.1 cm³/mol. The van der Waals surface area contributed by atoms with Crippen molar-refractivity contribution in [3.8, 4) is 0 Å². The Kier molecular flexibility index (Phi) is 3.49. The molecule has 5 nitrogen and oxygen atoms in total. The molecular weight excluding hydrogens is 306 g/mol. The molecule has 90 valence electrons. The van der Waals surface area contributed by atoms with E-state index in [4.69, 9.17) is 5.73 Å². The maximum atomic E-state index is 11.3. The van der Waals surface area contributed by atoms with Crippen molar-refractivity contribution in [3.05, 3.63) is 32.7 Å². The second-order valence-corrected chi connectivity index (χ2v) is 5.17. The Balaban J connectivity index is 2.24. The Morgan fingerprint density at radius 2 is 2.47 bits per heavy atom. The number of nitrogens with two attached hydrogens (primary N) is 1. The first-order valence-electron chi connectivity index (χ1n) is 4.75. The number of halogens is 1. The van der Waals surface area contributed by atoms with Crippen LogP contribution in [0.25, 0.3) is 0 Å². The Morgan fingerprint density at radius 1 is 1.71 bits per heavy atom. The zero-order valence-corrected chi connectivity index (χ0v) is 11.4. The van der Waals surface area contributed by atoms with Crippen molar-refractivity contribution in [1.29, 1.82) is 0 Å². The minimum absolute atomic E-state index is 0.153. The molecule has 2 N–H and O–H groups in total. The molecule has 7 heteroatoms. The zero-order chi connectivity index (χ0) is 12.4. The third kappa shape index (κ3) is 2.50. The van der Waals surface area contributed by atoms with Crippen molar-refractivity contribution in [3.63, 3.8) is 0 Å². The summed E-state index contributed by atoms with van der Waals surface area (Å²) in [4.78, 5) is 12.4. The van der Waals surface area contributed by atoms with E-state index in [0.717, 1.165) is 9.35 Å². The van der Waals surface area contributed by atoms with Gasteiger partial charge in [-0.2, -0.15) is 5.10 Å². The number of thiophene rings is 1. The lowest BCUT2D eigenvalue weighted by atomic mass is 10.4. The number of methoxy groups -OCH3 is 1. The lowest BCUT2D eigenvalue weighted by molar-refractivity contribution is 0.0594. The van der Waals surface area contributed by atoms with Crippen LogP contribution in [0.4, 0.5) is 5.69 Å². The molecule has 2 heterocycles. The van der Waals surface area contributed by atoms with Crippen LogP contribution in [0.1, 0.15) is 15.4 Å². The summed E-state index contributed by atoms with van der Waals surface area (Å²) in [6.07, 6.45) is 1.62. The first-order valence-corrected chi connectivity index (χ1v) is 6.42. The summed E-state index contributed by atoms with van der Waals surface area (Å²) < 4.78 is 7.24. The van der Waals surface area contributed by atoms with E-state index in [2.05, 4.69) is 25.8 Å². The average Bonchev–Trinajstić information content (AvgIpc) is 2.86. The predicted octanol–water partition coefficient (Wildman–Crippen LogP) is 2.12. The Morgan fingerprint density at radius 3 is 3.06 bits per heavy atom. The fourth-order valence-electron chi connectivity index (χ4n) is 1.36. The number of hydrogen-bond donors (Lipinski definition) is 1. The highest BCUT2D eigenvalue weighted by molar-refractivity contribution is 9.10. The van der Waals surface area contributed by atoms with E-state index in [9.17, 15) is 4.79 Å². The Labute approximate surface area is 110 Å². The summed E-state index contributed by atoms with van der Waals surface area (Å²) >= 11 is 5.05. The fourth-order valence-corrected chi connectivity index (χ4v) is 2.83. The number of hydrogen-bond acceptors (Lipinski definition) is 5. The molecule has 2 rings (SSSR count). The minimum atomic E-state index is -0.522. The number of esters is 1. The van der Waals surface area contributed by atoms with Gasteiger partial charge in [-0.05, 0) is 27.4 Å². The Bertz CT molecular complexity index is 549. The van der Waals surface area contributed by atoms with Crippen LogP contribution in [0.5, 0.6) is 0 Å². The van der Waals surface area contributed by atoms with Crippen LogP contribution in [0.2, 0.25) is 0 Å². The quantitative estimate of drug-likeness (QED) is 0.881. The van der Waals surface area contributed by atoms with Gasteiger partial charge in [-0.1, -0.05) is 0 Å². The van der Waals surface area contributed by atoms with Gasteiger partial charge in [0.05, 0.1) is 19.3 Å². The van der Waals surface area contributed by atoms with Crippen LogP contribution in [0, 0.1) is 0 Å². The van der Waals surface area contributed by atoms with Crippen LogP contribution >= 0.6 is 27.3 Å². The average molecular weight is 316 g/mol. The molecule has 0 saturated carbocycles. The van der Waals surface area contributed by atoms with E-state index in [1.54, 1.807) is 22.2 Å². The fraction of sp³-hybridized carbons (Fsp3) is 0.200. The molecule has 0 spiro atoms. The third-order valence-corrected chi connectivity index (χ3v) is 4.08. The highest BCUT2D eigenvalue weighted by atomic mass is 79.9. The number of rotatable bonds is 3. The zero-order valence-electron chi connectivity index (χ0n) is 9.01. The molecule has 17 heavy (non-hydrogen) atoms. The standard InChI is InChI=1S/C10H10BrN3O2S/c1-16-10(15)9-7(12)4-14(13-9)5-8-6(11)2-3-17-8/h2-4H,5,12H2,1H3. The number of nitrogens with zero attached hydrogens (tertiary/aromatic N) is 2. The molecule has 0 unspecified atom stereocenters. The molecule has 0 aliphatic carbocycles. The van der Waals surface area contributed by atoms with E-state index in [0.29, 0.717) is 12.2 Å². The number of ether oxygens (including phenoxy) is 1. The Hall–Kier alpha value is -1.34. The van der Waals surface area contributed by atoms with E-state index < -0.39 is 5.97 Å². The smallest absolute Gasteiger partial charge is 0.360 e. The molecule has 2 aromatic rings. The van der Waals surface area contributed by atoms with E-state index in [1.165, 1.54) is 7.11 Å². The molecule has 0 radical (unpaired) electrons. The van der Waals surface area contributed by atoms with Crippen molar-refractivity contribution < 1.29 is 9.53 Å². The van der Waals surface area contributed by atoms with Gasteiger partial charge in [0, 0.05) is 15.5 Å². The van der Waals surface area contributed by atoms with Crippen molar-refractivity contribution >= 4 is 38.9 Å². The summed E-state index contributed by atoms with van der Waals surface area (Å²) in [5.74, 6) is -0.522. The van der Waals surface area contributed by atoms with Gasteiger partial charge < -0.3 is 10.5 Å².